The first kappa shape index (κ1) is 15.6. The molecule has 0 aliphatic heterocycles. The second-order valence-corrected chi connectivity index (χ2v) is 6.04. The van der Waals surface area contributed by atoms with Gasteiger partial charge in [-0.1, -0.05) is 13.3 Å². The minimum atomic E-state index is -3.43. The quantitative estimate of drug-likeness (QED) is 0.751. The Morgan fingerprint density at radius 2 is 2.11 bits per heavy atom. The molecule has 0 spiro atoms. The fourth-order valence-electron chi connectivity index (χ4n) is 1.63. The standard InChI is InChI=1S/C12H20N2O4S/c1-4-6-7-19(16,17)14-10-8-13-9(3)11(10)12(15)18-5-2/h8,13-14H,4-7H2,1-3H3. The van der Waals surface area contributed by atoms with Crippen molar-refractivity contribution in [1.82, 2.24) is 4.98 Å². The summed E-state index contributed by atoms with van der Waals surface area (Å²) < 4.78 is 31.0. The molecule has 0 aromatic carbocycles. The fourth-order valence-corrected chi connectivity index (χ4v) is 2.89. The topological polar surface area (TPSA) is 88.3 Å². The van der Waals surface area contributed by atoms with Crippen molar-refractivity contribution < 1.29 is 17.9 Å². The van der Waals surface area contributed by atoms with Crippen LogP contribution in [0.25, 0.3) is 0 Å². The van der Waals surface area contributed by atoms with Gasteiger partial charge < -0.3 is 9.72 Å². The van der Waals surface area contributed by atoms with Crippen LogP contribution in [-0.4, -0.2) is 31.7 Å². The second kappa shape index (κ2) is 6.60. The number of esters is 1. The molecule has 1 aromatic rings. The largest absolute Gasteiger partial charge is 0.462 e. The molecule has 6 nitrogen and oxygen atoms in total. The molecule has 19 heavy (non-hydrogen) atoms. The van der Waals surface area contributed by atoms with Gasteiger partial charge in [-0.15, -0.1) is 0 Å². The lowest BCUT2D eigenvalue weighted by molar-refractivity contribution is 0.0527. The van der Waals surface area contributed by atoms with Crippen LogP contribution in [0, 0.1) is 6.92 Å². The van der Waals surface area contributed by atoms with E-state index in [4.69, 9.17) is 4.74 Å². The summed E-state index contributed by atoms with van der Waals surface area (Å²) in [5.74, 6) is -0.495. The van der Waals surface area contributed by atoms with Crippen molar-refractivity contribution in [3.8, 4) is 0 Å². The fraction of sp³-hybridized carbons (Fsp3) is 0.583. The summed E-state index contributed by atoms with van der Waals surface area (Å²) >= 11 is 0. The molecule has 1 heterocycles. The van der Waals surface area contributed by atoms with E-state index >= 15 is 0 Å². The van der Waals surface area contributed by atoms with E-state index in [2.05, 4.69) is 9.71 Å². The normalized spacial score (nSPS) is 11.3. The maximum atomic E-state index is 11.8. The van der Waals surface area contributed by atoms with E-state index in [1.807, 2.05) is 6.92 Å². The van der Waals surface area contributed by atoms with Crippen molar-refractivity contribution in [2.75, 3.05) is 17.1 Å². The van der Waals surface area contributed by atoms with Gasteiger partial charge in [-0.2, -0.15) is 0 Å². The number of anilines is 1. The van der Waals surface area contributed by atoms with E-state index in [1.54, 1.807) is 13.8 Å². The van der Waals surface area contributed by atoms with Crippen LogP contribution >= 0.6 is 0 Å². The van der Waals surface area contributed by atoms with Gasteiger partial charge in [-0.3, -0.25) is 4.72 Å². The van der Waals surface area contributed by atoms with Crippen LogP contribution in [0.5, 0.6) is 0 Å². The summed E-state index contributed by atoms with van der Waals surface area (Å²) in [6.07, 6.45) is 2.83. The van der Waals surface area contributed by atoms with E-state index < -0.39 is 16.0 Å². The van der Waals surface area contributed by atoms with Crippen LogP contribution in [0.4, 0.5) is 5.69 Å². The molecule has 0 bridgehead atoms. The van der Waals surface area contributed by atoms with Gasteiger partial charge in [0.25, 0.3) is 0 Å². The highest BCUT2D eigenvalue weighted by Crippen LogP contribution is 2.21. The third-order valence-electron chi connectivity index (χ3n) is 2.59. The number of nitrogens with one attached hydrogen (secondary N) is 2. The first-order valence-electron chi connectivity index (χ1n) is 6.26. The third kappa shape index (κ3) is 4.27. The molecule has 108 valence electrons. The molecule has 0 fully saturated rings. The Hall–Kier alpha value is -1.50. The second-order valence-electron chi connectivity index (χ2n) is 4.20. The number of aryl methyl sites for hydroxylation is 1. The highest BCUT2D eigenvalue weighted by Gasteiger charge is 2.21. The maximum Gasteiger partial charge on any atom is 0.342 e. The van der Waals surface area contributed by atoms with Crippen molar-refractivity contribution >= 4 is 21.7 Å². The molecule has 0 amide bonds. The van der Waals surface area contributed by atoms with Crippen LogP contribution in [-0.2, 0) is 14.8 Å². The smallest absolute Gasteiger partial charge is 0.342 e. The molecule has 1 aromatic heterocycles. The molecule has 0 unspecified atom stereocenters. The Bertz CT molecular complexity index is 534. The zero-order chi connectivity index (χ0) is 14.5. The lowest BCUT2D eigenvalue weighted by Gasteiger charge is -2.08. The van der Waals surface area contributed by atoms with Crippen LogP contribution in [0.3, 0.4) is 0 Å². The number of carbonyl (C=O) groups is 1. The summed E-state index contributed by atoms with van der Waals surface area (Å²) in [5.41, 5.74) is 1.06. The SMILES string of the molecule is CCCCS(=O)(=O)Nc1c[nH]c(C)c1C(=O)OCC. The van der Waals surface area contributed by atoms with Crippen molar-refractivity contribution in [1.29, 1.82) is 0 Å². The number of sulfonamides is 1. The summed E-state index contributed by atoms with van der Waals surface area (Å²) in [5, 5.41) is 0. The minimum absolute atomic E-state index is 0.0377. The molecule has 0 atom stereocenters. The number of ether oxygens (including phenoxy) is 1. The number of rotatable bonds is 7. The number of aromatic nitrogens is 1. The van der Waals surface area contributed by atoms with Gasteiger partial charge in [0.15, 0.2) is 0 Å². The first-order chi connectivity index (χ1) is 8.91. The predicted octanol–water partition coefficient (Wildman–Crippen LogP) is 2.04. The zero-order valence-electron chi connectivity index (χ0n) is 11.4. The van der Waals surface area contributed by atoms with Crippen molar-refractivity contribution in [3.05, 3.63) is 17.5 Å². The van der Waals surface area contributed by atoms with Crippen LogP contribution in [0.1, 0.15) is 42.7 Å². The van der Waals surface area contributed by atoms with E-state index in [9.17, 15) is 13.2 Å². The van der Waals surface area contributed by atoms with Gasteiger partial charge in [-0.25, -0.2) is 13.2 Å². The molecular formula is C12H20N2O4S. The highest BCUT2D eigenvalue weighted by molar-refractivity contribution is 7.92. The van der Waals surface area contributed by atoms with Crippen molar-refractivity contribution in [2.24, 2.45) is 0 Å². The molecule has 0 aliphatic carbocycles. The molecule has 7 heteroatoms. The number of unbranched alkanes of at least 4 members (excludes halogenated alkanes) is 1. The zero-order valence-corrected chi connectivity index (χ0v) is 12.3. The monoisotopic (exact) mass is 288 g/mol. The Kier molecular flexibility index (Phi) is 5.41. The van der Waals surface area contributed by atoms with E-state index in [0.29, 0.717) is 12.1 Å². The van der Waals surface area contributed by atoms with Gasteiger partial charge in [-0.05, 0) is 20.3 Å². The molecular weight excluding hydrogens is 268 g/mol. The maximum absolute atomic E-state index is 11.8. The summed E-state index contributed by atoms with van der Waals surface area (Å²) in [4.78, 5) is 14.6. The molecule has 0 radical (unpaired) electrons. The molecule has 1 rings (SSSR count). The van der Waals surface area contributed by atoms with Gasteiger partial charge in [0.05, 0.1) is 18.0 Å². The summed E-state index contributed by atoms with van der Waals surface area (Å²) in [6.45, 7) is 5.55. The average Bonchev–Trinajstić information content (AvgIpc) is 2.67. The average molecular weight is 288 g/mol. The van der Waals surface area contributed by atoms with Gasteiger partial charge >= 0.3 is 5.97 Å². The third-order valence-corrected chi connectivity index (χ3v) is 3.95. The summed E-state index contributed by atoms with van der Waals surface area (Å²) in [7, 11) is -3.43. The Morgan fingerprint density at radius 1 is 1.42 bits per heavy atom. The Balaban J connectivity index is 2.93. The molecule has 0 saturated carbocycles. The molecule has 0 aliphatic rings. The molecule has 0 saturated heterocycles. The first-order valence-corrected chi connectivity index (χ1v) is 7.92. The summed E-state index contributed by atoms with van der Waals surface area (Å²) in [6, 6.07) is 0. The number of aromatic amines is 1. The Morgan fingerprint density at radius 3 is 2.68 bits per heavy atom. The van der Waals surface area contributed by atoms with E-state index in [-0.39, 0.29) is 23.6 Å². The number of H-pyrrole nitrogens is 1. The minimum Gasteiger partial charge on any atom is -0.462 e. The number of carbonyl (C=O) groups excluding carboxylic acids is 1. The molecule has 2 N–H and O–H groups in total. The van der Waals surface area contributed by atoms with Crippen LogP contribution < -0.4 is 4.72 Å². The Labute approximate surface area is 113 Å². The lowest BCUT2D eigenvalue weighted by Crippen LogP contribution is -2.18. The van der Waals surface area contributed by atoms with Crippen LogP contribution in [0.2, 0.25) is 0 Å². The van der Waals surface area contributed by atoms with Crippen molar-refractivity contribution in [3.63, 3.8) is 0 Å². The number of hydrogen-bond acceptors (Lipinski definition) is 4. The van der Waals surface area contributed by atoms with E-state index in [0.717, 1.165) is 6.42 Å². The van der Waals surface area contributed by atoms with Crippen molar-refractivity contribution in [2.45, 2.75) is 33.6 Å². The van der Waals surface area contributed by atoms with E-state index in [1.165, 1.54) is 6.20 Å². The van der Waals surface area contributed by atoms with Crippen LogP contribution in [0.15, 0.2) is 6.20 Å². The number of hydrogen-bond donors (Lipinski definition) is 2. The van der Waals surface area contributed by atoms with Gasteiger partial charge in [0.1, 0.15) is 5.56 Å². The predicted molar refractivity (Wildman–Crippen MR) is 73.8 cm³/mol. The highest BCUT2D eigenvalue weighted by atomic mass is 32.2. The lowest BCUT2D eigenvalue weighted by atomic mass is 10.2. The van der Waals surface area contributed by atoms with Gasteiger partial charge in [0.2, 0.25) is 10.0 Å². The van der Waals surface area contributed by atoms with Gasteiger partial charge in [0, 0.05) is 11.9 Å².